The fourth-order valence-electron chi connectivity index (χ4n) is 2.29. The summed E-state index contributed by atoms with van der Waals surface area (Å²) in [5.74, 6) is -1.70. The van der Waals surface area contributed by atoms with Gasteiger partial charge in [0, 0.05) is 26.4 Å². The molecule has 0 saturated carbocycles. The summed E-state index contributed by atoms with van der Waals surface area (Å²) in [6, 6.07) is -0.854. The first-order chi connectivity index (χ1) is 11.0. The lowest BCUT2D eigenvalue weighted by molar-refractivity contribution is -0.154. The number of esters is 2. The second-order valence-electron chi connectivity index (χ2n) is 6.33. The highest BCUT2D eigenvalue weighted by Gasteiger charge is 2.45. The fourth-order valence-corrected chi connectivity index (χ4v) is 2.29. The first-order valence-electron chi connectivity index (χ1n) is 7.57. The third kappa shape index (κ3) is 5.71. The van der Waals surface area contributed by atoms with Crippen LogP contribution in [0.2, 0.25) is 0 Å². The fraction of sp³-hybridized carbons (Fsp3) is 0.733. The Bertz CT molecular complexity index is 512. The molecule has 1 rings (SSSR count). The Morgan fingerprint density at radius 2 is 1.92 bits per heavy atom. The summed E-state index contributed by atoms with van der Waals surface area (Å²) < 4.78 is 14.7. The standard InChI is InChI=1S/C15H24N2O7/c1-9(18)23-11-8-10(13(20)22-5)17(12(11)19)7-6-16-14(21)24-15(2,3)4/h10-11H,6-8H2,1-5H3,(H,16,21)/t10-,11+/m0/s1. The highest BCUT2D eigenvalue weighted by atomic mass is 16.6. The minimum Gasteiger partial charge on any atom is -0.467 e. The van der Waals surface area contributed by atoms with E-state index in [9.17, 15) is 19.2 Å². The maximum Gasteiger partial charge on any atom is 0.407 e. The number of rotatable bonds is 5. The topological polar surface area (TPSA) is 111 Å². The maximum atomic E-state index is 12.3. The van der Waals surface area contributed by atoms with E-state index in [0.29, 0.717) is 0 Å². The number of carbonyl (C=O) groups excluding carboxylic acids is 4. The van der Waals surface area contributed by atoms with E-state index in [2.05, 4.69) is 10.1 Å². The molecular formula is C15H24N2O7. The average Bonchev–Trinajstić information content (AvgIpc) is 2.73. The Kier molecular flexibility index (Phi) is 6.56. The van der Waals surface area contributed by atoms with Gasteiger partial charge in [0.05, 0.1) is 7.11 Å². The molecule has 9 nitrogen and oxygen atoms in total. The highest BCUT2D eigenvalue weighted by molar-refractivity contribution is 5.92. The van der Waals surface area contributed by atoms with Crippen molar-refractivity contribution in [3.63, 3.8) is 0 Å². The van der Waals surface area contributed by atoms with Gasteiger partial charge in [0.2, 0.25) is 0 Å². The van der Waals surface area contributed by atoms with Crippen LogP contribution in [0.5, 0.6) is 0 Å². The van der Waals surface area contributed by atoms with E-state index in [4.69, 9.17) is 9.47 Å². The molecule has 1 aliphatic rings. The third-order valence-electron chi connectivity index (χ3n) is 3.17. The van der Waals surface area contributed by atoms with Crippen LogP contribution in [0.25, 0.3) is 0 Å². The molecule has 0 aliphatic carbocycles. The van der Waals surface area contributed by atoms with Crippen molar-refractivity contribution in [1.82, 2.24) is 10.2 Å². The summed E-state index contributed by atoms with van der Waals surface area (Å²) in [5.41, 5.74) is -0.636. The molecule has 0 bridgehead atoms. The summed E-state index contributed by atoms with van der Waals surface area (Å²) in [6.07, 6.45) is -1.62. The van der Waals surface area contributed by atoms with Crippen LogP contribution in [0.15, 0.2) is 0 Å². The van der Waals surface area contributed by atoms with Crippen molar-refractivity contribution >= 4 is 23.9 Å². The van der Waals surface area contributed by atoms with Crippen LogP contribution >= 0.6 is 0 Å². The number of carbonyl (C=O) groups is 4. The largest absolute Gasteiger partial charge is 0.467 e. The predicted molar refractivity (Wildman–Crippen MR) is 81.9 cm³/mol. The van der Waals surface area contributed by atoms with Crippen molar-refractivity contribution in [2.45, 2.75) is 51.9 Å². The minimum absolute atomic E-state index is 0.0253. The lowest BCUT2D eigenvalue weighted by Crippen LogP contribution is -2.45. The number of ether oxygens (including phenoxy) is 3. The zero-order valence-electron chi connectivity index (χ0n) is 14.6. The van der Waals surface area contributed by atoms with Gasteiger partial charge in [0.15, 0.2) is 6.10 Å². The lowest BCUT2D eigenvalue weighted by Gasteiger charge is -2.23. The second-order valence-corrected chi connectivity index (χ2v) is 6.33. The summed E-state index contributed by atoms with van der Waals surface area (Å²) in [5, 5.41) is 2.50. The molecule has 0 aromatic carbocycles. The van der Waals surface area contributed by atoms with Crippen molar-refractivity contribution < 1.29 is 33.4 Å². The van der Waals surface area contributed by atoms with Crippen LogP contribution < -0.4 is 5.32 Å². The zero-order valence-corrected chi connectivity index (χ0v) is 14.6. The Hall–Kier alpha value is -2.32. The average molecular weight is 344 g/mol. The number of hydrogen-bond donors (Lipinski definition) is 1. The maximum absolute atomic E-state index is 12.3. The van der Waals surface area contributed by atoms with Crippen molar-refractivity contribution in [2.24, 2.45) is 0 Å². The van der Waals surface area contributed by atoms with Crippen molar-refractivity contribution in [3.8, 4) is 0 Å². The molecule has 1 saturated heterocycles. The number of amides is 2. The number of nitrogens with one attached hydrogen (secondary N) is 1. The van der Waals surface area contributed by atoms with Gasteiger partial charge >= 0.3 is 18.0 Å². The summed E-state index contributed by atoms with van der Waals surface area (Å²) >= 11 is 0. The summed E-state index contributed by atoms with van der Waals surface area (Å²) in [4.78, 5) is 48.0. The third-order valence-corrected chi connectivity index (χ3v) is 3.17. The smallest absolute Gasteiger partial charge is 0.407 e. The molecule has 0 aromatic heterocycles. The quantitative estimate of drug-likeness (QED) is 0.561. The summed E-state index contributed by atoms with van der Waals surface area (Å²) in [7, 11) is 1.21. The number of nitrogens with zero attached hydrogens (tertiary/aromatic N) is 1. The molecule has 0 aromatic rings. The van der Waals surface area contributed by atoms with E-state index in [1.807, 2.05) is 0 Å². The molecule has 136 valence electrons. The van der Waals surface area contributed by atoms with E-state index in [1.54, 1.807) is 20.8 Å². The Morgan fingerprint density at radius 3 is 2.42 bits per heavy atom. The van der Waals surface area contributed by atoms with Crippen LogP contribution in [0.4, 0.5) is 4.79 Å². The van der Waals surface area contributed by atoms with Gasteiger partial charge in [0.1, 0.15) is 11.6 Å². The lowest BCUT2D eigenvalue weighted by atomic mass is 10.2. The highest BCUT2D eigenvalue weighted by Crippen LogP contribution is 2.22. The molecule has 24 heavy (non-hydrogen) atoms. The number of methoxy groups -OCH3 is 1. The normalized spacial score (nSPS) is 20.5. The molecule has 0 radical (unpaired) electrons. The van der Waals surface area contributed by atoms with Crippen molar-refractivity contribution in [3.05, 3.63) is 0 Å². The Morgan fingerprint density at radius 1 is 1.29 bits per heavy atom. The molecule has 0 unspecified atom stereocenters. The van der Waals surface area contributed by atoms with E-state index < -0.39 is 41.7 Å². The van der Waals surface area contributed by atoms with Gasteiger partial charge in [0.25, 0.3) is 5.91 Å². The SMILES string of the molecule is COC(=O)[C@@H]1C[C@@H](OC(C)=O)C(=O)N1CCNC(=O)OC(C)(C)C. The zero-order chi connectivity index (χ0) is 18.5. The molecular weight excluding hydrogens is 320 g/mol. The van der Waals surface area contributed by atoms with E-state index in [-0.39, 0.29) is 19.5 Å². The van der Waals surface area contributed by atoms with Gasteiger partial charge < -0.3 is 24.4 Å². The van der Waals surface area contributed by atoms with E-state index in [1.165, 1.54) is 18.9 Å². The number of likely N-dealkylation sites (tertiary alicyclic amines) is 1. The van der Waals surface area contributed by atoms with Gasteiger partial charge in [-0.15, -0.1) is 0 Å². The van der Waals surface area contributed by atoms with Gasteiger partial charge in [-0.1, -0.05) is 0 Å². The molecule has 2 atom stereocenters. The van der Waals surface area contributed by atoms with Gasteiger partial charge in [-0.2, -0.15) is 0 Å². The monoisotopic (exact) mass is 344 g/mol. The Balaban J connectivity index is 2.64. The van der Waals surface area contributed by atoms with Crippen molar-refractivity contribution in [1.29, 1.82) is 0 Å². The molecule has 1 aliphatic heterocycles. The molecule has 1 N–H and O–H groups in total. The van der Waals surface area contributed by atoms with E-state index >= 15 is 0 Å². The van der Waals surface area contributed by atoms with Crippen LogP contribution in [-0.2, 0) is 28.6 Å². The second kappa shape index (κ2) is 7.98. The van der Waals surface area contributed by atoms with E-state index in [0.717, 1.165) is 0 Å². The van der Waals surface area contributed by atoms with Crippen LogP contribution in [0.3, 0.4) is 0 Å². The summed E-state index contributed by atoms with van der Waals surface area (Å²) in [6.45, 7) is 6.53. The minimum atomic E-state index is -1.02. The van der Waals surface area contributed by atoms with Crippen LogP contribution in [0, 0.1) is 0 Å². The van der Waals surface area contributed by atoms with Crippen LogP contribution in [-0.4, -0.2) is 66.8 Å². The van der Waals surface area contributed by atoms with Crippen LogP contribution in [0.1, 0.15) is 34.1 Å². The van der Waals surface area contributed by atoms with Gasteiger partial charge in [-0.3, -0.25) is 9.59 Å². The molecule has 9 heteroatoms. The Labute approximate surface area is 140 Å². The van der Waals surface area contributed by atoms with Gasteiger partial charge in [-0.25, -0.2) is 9.59 Å². The number of hydrogen-bond acceptors (Lipinski definition) is 7. The molecule has 1 fully saturated rings. The molecule has 1 heterocycles. The first-order valence-corrected chi connectivity index (χ1v) is 7.57. The predicted octanol–water partition coefficient (Wildman–Crippen LogP) is 0.217. The van der Waals surface area contributed by atoms with Gasteiger partial charge in [-0.05, 0) is 20.8 Å². The first kappa shape index (κ1) is 19.7. The van der Waals surface area contributed by atoms with Crippen molar-refractivity contribution in [2.75, 3.05) is 20.2 Å². The number of alkyl carbamates (subject to hydrolysis) is 1. The molecule has 0 spiro atoms. The molecule has 2 amide bonds.